The minimum Gasteiger partial charge on any atom is -0.465 e. The lowest BCUT2D eigenvalue weighted by atomic mass is 9.83. The van der Waals surface area contributed by atoms with E-state index in [-0.39, 0.29) is 18.9 Å². The molecule has 1 aromatic heterocycles. The smallest absolute Gasteiger partial charge is 0.408 e. The van der Waals surface area contributed by atoms with E-state index in [9.17, 15) is 14.3 Å². The highest BCUT2D eigenvalue weighted by atomic mass is 35.5. The molecule has 10 heteroatoms. The maximum absolute atomic E-state index is 14.7. The molecule has 1 fully saturated rings. The maximum Gasteiger partial charge on any atom is 0.408 e. The van der Waals surface area contributed by atoms with Gasteiger partial charge in [0.05, 0.1) is 25.4 Å². The minimum atomic E-state index is -1.03. The minimum absolute atomic E-state index is 0.119. The Balaban J connectivity index is 1.35. The van der Waals surface area contributed by atoms with Gasteiger partial charge >= 0.3 is 6.09 Å². The Morgan fingerprint density at radius 2 is 1.94 bits per heavy atom. The van der Waals surface area contributed by atoms with E-state index in [1.807, 2.05) is 16.7 Å². The van der Waals surface area contributed by atoms with Gasteiger partial charge in [-0.1, -0.05) is 23.7 Å². The Kier molecular flexibility index (Phi) is 4.60. The predicted octanol–water partition coefficient (Wildman–Crippen LogP) is 4.08. The van der Waals surface area contributed by atoms with E-state index in [0.717, 1.165) is 16.8 Å². The third-order valence-corrected chi connectivity index (χ3v) is 7.11. The second-order valence-electron chi connectivity index (χ2n) is 8.71. The topological polar surface area (TPSA) is 83.7 Å². The molecule has 170 valence electrons. The predicted molar refractivity (Wildman–Crippen MR) is 118 cm³/mol. The van der Waals surface area contributed by atoms with E-state index in [1.54, 1.807) is 18.2 Å². The van der Waals surface area contributed by atoms with Crippen LogP contribution in [0.4, 0.5) is 15.1 Å². The number of fused-ring (bicyclic) bond motifs is 5. The quantitative estimate of drug-likeness (QED) is 0.578. The third-order valence-electron chi connectivity index (χ3n) is 6.87. The van der Waals surface area contributed by atoms with Gasteiger partial charge in [-0.3, -0.25) is 9.47 Å². The van der Waals surface area contributed by atoms with Crippen LogP contribution in [0.3, 0.4) is 0 Å². The van der Waals surface area contributed by atoms with Gasteiger partial charge in [-0.05, 0) is 48.2 Å². The number of aromatic nitrogens is 3. The van der Waals surface area contributed by atoms with Crippen LogP contribution in [-0.2, 0) is 30.0 Å². The van der Waals surface area contributed by atoms with Crippen molar-refractivity contribution in [2.24, 2.45) is 0 Å². The van der Waals surface area contributed by atoms with Gasteiger partial charge in [-0.2, -0.15) is 0 Å². The fourth-order valence-electron chi connectivity index (χ4n) is 5.28. The number of piperidine rings is 1. The van der Waals surface area contributed by atoms with E-state index in [0.29, 0.717) is 54.9 Å². The van der Waals surface area contributed by atoms with Gasteiger partial charge in [0, 0.05) is 23.7 Å². The standard InChI is InChI=1S/C23H21ClFN5O3/c24-16-4-5-18-15(10-16)11-29(22(31)32)12-19-26-27-21(30(18)19)28-8-6-23(7-9-28)20-14(13-33-23)2-1-3-17(20)25/h1-5,10H,6-9,11-13H2,(H,31,32). The van der Waals surface area contributed by atoms with Gasteiger partial charge < -0.3 is 14.7 Å². The molecular weight excluding hydrogens is 449 g/mol. The summed E-state index contributed by atoms with van der Waals surface area (Å²) < 4.78 is 22.7. The van der Waals surface area contributed by atoms with Gasteiger partial charge in [0.1, 0.15) is 11.4 Å². The number of anilines is 1. The van der Waals surface area contributed by atoms with Crippen LogP contribution in [0.25, 0.3) is 5.69 Å². The van der Waals surface area contributed by atoms with Gasteiger partial charge in [0.25, 0.3) is 0 Å². The molecule has 0 aliphatic carbocycles. The lowest BCUT2D eigenvalue weighted by Crippen LogP contribution is -2.44. The number of ether oxygens (including phenoxy) is 1. The van der Waals surface area contributed by atoms with E-state index >= 15 is 0 Å². The molecule has 1 saturated heterocycles. The molecule has 4 heterocycles. The van der Waals surface area contributed by atoms with Crippen molar-refractivity contribution in [1.82, 2.24) is 19.7 Å². The molecule has 3 aromatic rings. The highest BCUT2D eigenvalue weighted by molar-refractivity contribution is 6.30. The maximum atomic E-state index is 14.7. The second-order valence-corrected chi connectivity index (χ2v) is 9.14. The molecule has 8 nitrogen and oxygen atoms in total. The molecule has 0 bridgehead atoms. The Hall–Kier alpha value is -3.17. The largest absolute Gasteiger partial charge is 0.465 e. The molecule has 0 unspecified atom stereocenters. The summed E-state index contributed by atoms with van der Waals surface area (Å²) in [6.07, 6.45) is 0.216. The van der Waals surface area contributed by atoms with E-state index < -0.39 is 11.7 Å². The first-order chi connectivity index (χ1) is 15.9. The van der Waals surface area contributed by atoms with Crippen LogP contribution in [0.2, 0.25) is 5.02 Å². The van der Waals surface area contributed by atoms with Crippen molar-refractivity contribution in [3.05, 3.63) is 69.8 Å². The summed E-state index contributed by atoms with van der Waals surface area (Å²) in [6, 6.07) is 10.6. The molecule has 1 spiro atoms. The molecule has 33 heavy (non-hydrogen) atoms. The monoisotopic (exact) mass is 469 g/mol. The summed E-state index contributed by atoms with van der Waals surface area (Å²) in [6.45, 7) is 1.97. The number of benzene rings is 2. The second kappa shape index (κ2) is 7.43. The average Bonchev–Trinajstić information content (AvgIpc) is 3.32. The lowest BCUT2D eigenvalue weighted by molar-refractivity contribution is -0.0569. The van der Waals surface area contributed by atoms with E-state index in [1.165, 1.54) is 11.0 Å². The normalized spacial score (nSPS) is 18.6. The molecule has 3 aliphatic rings. The number of carboxylic acid groups (broad SMARTS) is 1. The first-order valence-electron chi connectivity index (χ1n) is 10.8. The average molecular weight is 470 g/mol. The van der Waals surface area contributed by atoms with Crippen molar-refractivity contribution < 1.29 is 19.0 Å². The number of rotatable bonds is 1. The summed E-state index contributed by atoms with van der Waals surface area (Å²) in [5.41, 5.74) is 2.58. The molecule has 0 atom stereocenters. The van der Waals surface area contributed by atoms with E-state index in [4.69, 9.17) is 16.3 Å². The SMILES string of the molecule is O=C(O)N1Cc2cc(Cl)ccc2-n2c(nnc2N2CCC3(CC2)OCc2cccc(F)c23)C1. The van der Waals surface area contributed by atoms with Crippen LogP contribution < -0.4 is 4.90 Å². The van der Waals surface area contributed by atoms with Crippen LogP contribution in [0.1, 0.15) is 35.4 Å². The molecule has 1 amide bonds. The number of carbonyl (C=O) groups is 1. The van der Waals surface area contributed by atoms with Gasteiger partial charge in [-0.15, -0.1) is 10.2 Å². The zero-order valence-corrected chi connectivity index (χ0v) is 18.4. The van der Waals surface area contributed by atoms with Crippen LogP contribution in [0, 0.1) is 5.82 Å². The zero-order valence-electron chi connectivity index (χ0n) is 17.7. The third kappa shape index (κ3) is 3.18. The van der Waals surface area contributed by atoms with Crippen molar-refractivity contribution in [1.29, 1.82) is 0 Å². The Labute approximate surface area is 194 Å². The van der Waals surface area contributed by atoms with E-state index in [2.05, 4.69) is 15.1 Å². The van der Waals surface area contributed by atoms with Crippen LogP contribution >= 0.6 is 11.6 Å². The number of nitrogens with zero attached hydrogens (tertiary/aromatic N) is 5. The number of hydrogen-bond acceptors (Lipinski definition) is 5. The van der Waals surface area contributed by atoms with Gasteiger partial charge in [-0.25, -0.2) is 9.18 Å². The molecule has 3 aliphatic heterocycles. The molecule has 1 N–H and O–H groups in total. The fraction of sp³-hybridized carbons (Fsp3) is 0.348. The first kappa shape index (κ1) is 20.4. The van der Waals surface area contributed by atoms with Crippen molar-refractivity contribution in [2.75, 3.05) is 18.0 Å². The summed E-state index contributed by atoms with van der Waals surface area (Å²) in [4.78, 5) is 15.2. The van der Waals surface area contributed by atoms with Crippen LogP contribution in [0.5, 0.6) is 0 Å². The molecule has 0 saturated carbocycles. The Morgan fingerprint density at radius 1 is 1.12 bits per heavy atom. The number of amides is 1. The lowest BCUT2D eigenvalue weighted by Gasteiger charge is -2.39. The summed E-state index contributed by atoms with van der Waals surface area (Å²) in [5.74, 6) is 0.971. The molecule has 0 radical (unpaired) electrons. The summed E-state index contributed by atoms with van der Waals surface area (Å²) in [5, 5.41) is 18.9. The highest BCUT2D eigenvalue weighted by Crippen LogP contribution is 2.46. The van der Waals surface area contributed by atoms with Gasteiger partial charge in [0.2, 0.25) is 5.95 Å². The van der Waals surface area contributed by atoms with Crippen molar-refractivity contribution in [3.63, 3.8) is 0 Å². The highest BCUT2D eigenvalue weighted by Gasteiger charge is 2.45. The molecule has 2 aromatic carbocycles. The zero-order chi connectivity index (χ0) is 22.7. The Morgan fingerprint density at radius 3 is 2.73 bits per heavy atom. The fourth-order valence-corrected chi connectivity index (χ4v) is 5.47. The van der Waals surface area contributed by atoms with Gasteiger partial charge in [0.15, 0.2) is 5.82 Å². The number of halogens is 2. The summed E-state index contributed by atoms with van der Waals surface area (Å²) in [7, 11) is 0. The van der Waals surface area contributed by atoms with Crippen LogP contribution in [-0.4, -0.2) is 44.0 Å². The first-order valence-corrected chi connectivity index (χ1v) is 11.2. The molecular formula is C23H21ClFN5O3. The van der Waals surface area contributed by atoms with Crippen molar-refractivity contribution >= 4 is 23.6 Å². The summed E-state index contributed by atoms with van der Waals surface area (Å²) >= 11 is 6.21. The number of hydrogen-bond donors (Lipinski definition) is 1. The molecule has 6 rings (SSSR count). The van der Waals surface area contributed by atoms with Crippen molar-refractivity contribution in [2.45, 2.75) is 38.1 Å². The van der Waals surface area contributed by atoms with Crippen molar-refractivity contribution in [3.8, 4) is 5.69 Å². The van der Waals surface area contributed by atoms with Crippen LogP contribution in [0.15, 0.2) is 36.4 Å². The Bertz CT molecular complexity index is 1270.